The molecule has 0 saturated carbocycles. The number of rotatable bonds is 3. The van der Waals surface area contributed by atoms with Gasteiger partial charge in [-0.05, 0) is 22.0 Å². The summed E-state index contributed by atoms with van der Waals surface area (Å²) in [4.78, 5) is 15.0. The molecule has 0 aliphatic heterocycles. The topological polar surface area (TPSA) is 50.2 Å². The summed E-state index contributed by atoms with van der Waals surface area (Å²) < 4.78 is 0.683. The van der Waals surface area contributed by atoms with Gasteiger partial charge in [-0.15, -0.1) is 11.8 Å². The Balaban J connectivity index is 3.08. The Morgan fingerprint density at radius 1 is 1.64 bits per heavy atom. The Hall–Kier alpha value is -0.550. The van der Waals surface area contributed by atoms with Gasteiger partial charge in [-0.3, -0.25) is 0 Å². The van der Waals surface area contributed by atoms with Crippen molar-refractivity contribution in [3.63, 3.8) is 0 Å². The Morgan fingerprint density at radius 3 is 2.79 bits per heavy atom. The first-order chi connectivity index (χ1) is 6.50. The zero-order valence-corrected chi connectivity index (χ0v) is 10.2. The number of pyridine rings is 1. The molecule has 0 aliphatic carbocycles. The van der Waals surface area contributed by atoms with Gasteiger partial charge in [0, 0.05) is 15.9 Å². The van der Waals surface area contributed by atoms with Gasteiger partial charge >= 0.3 is 5.97 Å². The van der Waals surface area contributed by atoms with Crippen LogP contribution in [-0.4, -0.2) is 21.3 Å². The fraction of sp³-hybridized carbons (Fsp3) is 0.333. The number of halogens is 1. The lowest BCUT2D eigenvalue weighted by atomic mass is 10.3. The molecule has 76 valence electrons. The summed E-state index contributed by atoms with van der Waals surface area (Å²) in [6.07, 6.45) is 1.61. The molecule has 0 radical (unpaired) electrons. The SMILES string of the molecule is CC(C)Sc1ncc(Br)cc1C(=O)O. The lowest BCUT2D eigenvalue weighted by molar-refractivity contribution is 0.0692. The van der Waals surface area contributed by atoms with Gasteiger partial charge in [0.05, 0.1) is 5.56 Å². The number of aromatic carboxylic acids is 1. The first-order valence-corrected chi connectivity index (χ1v) is 5.73. The largest absolute Gasteiger partial charge is 0.478 e. The highest BCUT2D eigenvalue weighted by Gasteiger charge is 2.13. The molecule has 0 spiro atoms. The van der Waals surface area contributed by atoms with E-state index < -0.39 is 5.97 Å². The number of thioether (sulfide) groups is 1. The van der Waals surface area contributed by atoms with E-state index in [1.54, 1.807) is 12.3 Å². The van der Waals surface area contributed by atoms with E-state index in [0.29, 0.717) is 14.7 Å². The van der Waals surface area contributed by atoms with E-state index in [1.807, 2.05) is 13.8 Å². The van der Waals surface area contributed by atoms with Crippen LogP contribution in [0.2, 0.25) is 0 Å². The van der Waals surface area contributed by atoms with Crippen LogP contribution in [0, 0.1) is 0 Å². The number of carboxylic acids is 1. The highest BCUT2D eigenvalue weighted by atomic mass is 79.9. The molecule has 0 aliphatic rings. The first-order valence-electron chi connectivity index (χ1n) is 4.06. The highest BCUT2D eigenvalue weighted by Crippen LogP contribution is 2.26. The van der Waals surface area contributed by atoms with E-state index >= 15 is 0 Å². The molecule has 0 saturated heterocycles. The van der Waals surface area contributed by atoms with E-state index in [1.165, 1.54) is 11.8 Å². The van der Waals surface area contributed by atoms with Crippen LogP contribution in [0.5, 0.6) is 0 Å². The van der Waals surface area contributed by atoms with Gasteiger partial charge < -0.3 is 5.11 Å². The van der Waals surface area contributed by atoms with Crippen LogP contribution in [0.25, 0.3) is 0 Å². The number of carboxylic acid groups (broad SMARTS) is 1. The standard InChI is InChI=1S/C9H10BrNO2S/c1-5(2)14-8-7(9(12)13)3-6(10)4-11-8/h3-5H,1-2H3,(H,12,13). The van der Waals surface area contributed by atoms with E-state index in [9.17, 15) is 4.79 Å². The van der Waals surface area contributed by atoms with Crippen molar-refractivity contribution in [3.05, 3.63) is 22.3 Å². The number of aromatic nitrogens is 1. The summed E-state index contributed by atoms with van der Waals surface area (Å²) in [5, 5.41) is 9.82. The van der Waals surface area contributed by atoms with Gasteiger partial charge in [0.1, 0.15) is 5.03 Å². The molecule has 1 aromatic heterocycles. The lowest BCUT2D eigenvalue weighted by Crippen LogP contribution is -2.02. The molecule has 0 fully saturated rings. The lowest BCUT2D eigenvalue weighted by Gasteiger charge is -2.07. The number of nitrogens with zero attached hydrogens (tertiary/aromatic N) is 1. The second kappa shape index (κ2) is 4.79. The third-order valence-corrected chi connectivity index (χ3v) is 2.85. The number of hydrogen-bond donors (Lipinski definition) is 1. The summed E-state index contributed by atoms with van der Waals surface area (Å²) in [6, 6.07) is 1.57. The van der Waals surface area contributed by atoms with Gasteiger partial charge in [0.2, 0.25) is 0 Å². The predicted octanol–water partition coefficient (Wildman–Crippen LogP) is 3.04. The maximum Gasteiger partial charge on any atom is 0.338 e. The second-order valence-corrected chi connectivity index (χ2v) is 5.46. The molecular weight excluding hydrogens is 266 g/mol. The van der Waals surface area contributed by atoms with Crippen molar-refractivity contribution in [2.45, 2.75) is 24.1 Å². The van der Waals surface area contributed by atoms with E-state index in [4.69, 9.17) is 5.11 Å². The van der Waals surface area contributed by atoms with Crippen LogP contribution in [0.15, 0.2) is 21.8 Å². The molecule has 0 atom stereocenters. The van der Waals surface area contributed by atoms with Crippen molar-refractivity contribution < 1.29 is 9.90 Å². The minimum absolute atomic E-state index is 0.248. The molecule has 5 heteroatoms. The van der Waals surface area contributed by atoms with Gasteiger partial charge in [-0.2, -0.15) is 0 Å². The summed E-state index contributed by atoms with van der Waals surface area (Å²) >= 11 is 4.65. The quantitative estimate of drug-likeness (QED) is 0.862. The molecule has 3 nitrogen and oxygen atoms in total. The summed E-state index contributed by atoms with van der Waals surface area (Å²) in [6.45, 7) is 4.00. The zero-order valence-electron chi connectivity index (χ0n) is 7.82. The Kier molecular flexibility index (Phi) is 3.95. The average molecular weight is 276 g/mol. The second-order valence-electron chi connectivity index (χ2n) is 2.98. The van der Waals surface area contributed by atoms with Crippen LogP contribution >= 0.6 is 27.7 Å². The monoisotopic (exact) mass is 275 g/mol. The molecule has 1 heterocycles. The summed E-state index contributed by atoms with van der Waals surface area (Å²) in [5.74, 6) is -0.943. The fourth-order valence-corrected chi connectivity index (χ4v) is 2.06. The van der Waals surface area contributed by atoms with Crippen LogP contribution in [0.1, 0.15) is 24.2 Å². The van der Waals surface area contributed by atoms with Crippen LogP contribution in [-0.2, 0) is 0 Å². The molecule has 14 heavy (non-hydrogen) atoms. The molecule has 1 rings (SSSR count). The van der Waals surface area contributed by atoms with Crippen molar-refractivity contribution in [2.75, 3.05) is 0 Å². The normalized spacial score (nSPS) is 10.6. The predicted molar refractivity (Wildman–Crippen MR) is 59.9 cm³/mol. The molecule has 0 amide bonds. The van der Waals surface area contributed by atoms with E-state index in [-0.39, 0.29) is 5.56 Å². The third-order valence-electron chi connectivity index (χ3n) is 1.40. The minimum Gasteiger partial charge on any atom is -0.478 e. The first kappa shape index (κ1) is 11.5. The van der Waals surface area contributed by atoms with Gasteiger partial charge in [0.15, 0.2) is 0 Å². The Bertz CT molecular complexity index is 355. The van der Waals surface area contributed by atoms with Crippen molar-refractivity contribution >= 4 is 33.7 Å². The van der Waals surface area contributed by atoms with Crippen LogP contribution in [0.4, 0.5) is 0 Å². The number of carbonyl (C=O) groups is 1. The molecule has 0 unspecified atom stereocenters. The maximum absolute atomic E-state index is 10.9. The molecule has 1 aromatic rings. The van der Waals surface area contributed by atoms with Gasteiger partial charge in [0.25, 0.3) is 0 Å². The third kappa shape index (κ3) is 2.99. The van der Waals surface area contributed by atoms with Crippen molar-refractivity contribution in [3.8, 4) is 0 Å². The van der Waals surface area contributed by atoms with Gasteiger partial charge in [-0.25, -0.2) is 9.78 Å². The van der Waals surface area contributed by atoms with E-state index in [2.05, 4.69) is 20.9 Å². The van der Waals surface area contributed by atoms with Crippen molar-refractivity contribution in [2.24, 2.45) is 0 Å². The molecule has 1 N–H and O–H groups in total. The molecular formula is C9H10BrNO2S. The minimum atomic E-state index is -0.943. The van der Waals surface area contributed by atoms with Crippen molar-refractivity contribution in [1.82, 2.24) is 4.98 Å². The average Bonchev–Trinajstić information content (AvgIpc) is 2.07. The Morgan fingerprint density at radius 2 is 2.29 bits per heavy atom. The Labute approximate surface area is 95.1 Å². The van der Waals surface area contributed by atoms with E-state index in [0.717, 1.165) is 0 Å². The van der Waals surface area contributed by atoms with Crippen molar-refractivity contribution in [1.29, 1.82) is 0 Å². The van der Waals surface area contributed by atoms with Crippen LogP contribution < -0.4 is 0 Å². The van der Waals surface area contributed by atoms with Gasteiger partial charge in [-0.1, -0.05) is 13.8 Å². The molecule has 0 bridgehead atoms. The molecule has 0 aromatic carbocycles. The maximum atomic E-state index is 10.9. The number of hydrogen-bond acceptors (Lipinski definition) is 3. The van der Waals surface area contributed by atoms with Crippen LogP contribution in [0.3, 0.4) is 0 Å². The fourth-order valence-electron chi connectivity index (χ4n) is 0.897. The smallest absolute Gasteiger partial charge is 0.338 e. The summed E-state index contributed by atoms with van der Waals surface area (Å²) in [7, 11) is 0. The highest BCUT2D eigenvalue weighted by molar-refractivity contribution is 9.10. The zero-order chi connectivity index (χ0) is 10.7. The summed E-state index contributed by atoms with van der Waals surface area (Å²) in [5.41, 5.74) is 0.248.